The van der Waals surface area contributed by atoms with E-state index >= 15 is 0 Å². The van der Waals surface area contributed by atoms with Gasteiger partial charge in [0.1, 0.15) is 12.2 Å². The van der Waals surface area contributed by atoms with Gasteiger partial charge in [0.25, 0.3) is 0 Å². The molecule has 0 aliphatic heterocycles. The predicted octanol–water partition coefficient (Wildman–Crippen LogP) is 6.30. The molecule has 4 heteroatoms. The lowest BCUT2D eigenvalue weighted by atomic mass is 9.81. The van der Waals surface area contributed by atoms with E-state index in [0.29, 0.717) is 26.2 Å². The summed E-state index contributed by atoms with van der Waals surface area (Å²) in [7, 11) is 0. The van der Waals surface area contributed by atoms with Crippen molar-refractivity contribution in [2.24, 2.45) is 5.92 Å². The minimum Gasteiger partial charge on any atom is -0.388 e. The lowest BCUT2D eigenvalue weighted by Crippen LogP contribution is -2.55. The van der Waals surface area contributed by atoms with E-state index in [-0.39, 0.29) is 18.1 Å². The fourth-order valence-electron chi connectivity index (χ4n) is 5.14. The van der Waals surface area contributed by atoms with Gasteiger partial charge < -0.3 is 19.3 Å². The Balaban J connectivity index is 1.31. The van der Waals surface area contributed by atoms with Crippen molar-refractivity contribution in [3.8, 4) is 0 Å². The molecule has 5 atom stereocenters. The fraction of sp³-hybridized carbons (Fsp3) is 0.312. The van der Waals surface area contributed by atoms with Gasteiger partial charge in [0.15, 0.2) is 0 Å². The zero-order chi connectivity index (χ0) is 24.7. The van der Waals surface area contributed by atoms with E-state index in [1.54, 1.807) is 0 Å². The van der Waals surface area contributed by atoms with Crippen molar-refractivity contribution in [1.29, 1.82) is 0 Å². The average molecular weight is 483 g/mol. The lowest BCUT2D eigenvalue weighted by molar-refractivity contribution is -0.210. The van der Waals surface area contributed by atoms with E-state index in [1.807, 2.05) is 60.7 Å². The molecule has 4 nitrogen and oxygen atoms in total. The molecule has 0 spiro atoms. The van der Waals surface area contributed by atoms with Crippen molar-refractivity contribution < 1.29 is 19.3 Å². The number of benzene rings is 4. The maximum atomic E-state index is 11.5. The van der Waals surface area contributed by atoms with Crippen molar-refractivity contribution in [2.75, 3.05) is 0 Å². The molecule has 0 bridgehead atoms. The second-order valence-corrected chi connectivity index (χ2v) is 9.71. The number of aliphatic hydroxyl groups is 1. The van der Waals surface area contributed by atoms with Crippen LogP contribution < -0.4 is 0 Å². The molecule has 1 aliphatic carbocycles. The van der Waals surface area contributed by atoms with Crippen LogP contribution in [0.5, 0.6) is 0 Å². The van der Waals surface area contributed by atoms with Crippen LogP contribution in [0.3, 0.4) is 0 Å². The Hall–Kier alpha value is -3.02. The molecule has 1 fully saturated rings. The summed E-state index contributed by atoms with van der Waals surface area (Å²) in [5.74, 6) is 0.162. The van der Waals surface area contributed by atoms with E-state index in [4.69, 9.17) is 14.2 Å². The first-order valence-corrected chi connectivity index (χ1v) is 12.8. The molecule has 4 aromatic rings. The third-order valence-electron chi connectivity index (χ3n) is 7.11. The minimum absolute atomic E-state index is 0.162. The van der Waals surface area contributed by atoms with Gasteiger partial charge in [0.2, 0.25) is 0 Å². The van der Waals surface area contributed by atoms with Crippen LogP contribution in [0.25, 0.3) is 10.8 Å². The second kappa shape index (κ2) is 11.8. The highest BCUT2D eigenvalue weighted by molar-refractivity contribution is 5.85. The third-order valence-corrected chi connectivity index (χ3v) is 7.11. The normalized spacial score (nSPS) is 24.1. The molecule has 4 aromatic carbocycles. The highest BCUT2D eigenvalue weighted by Gasteiger charge is 2.44. The van der Waals surface area contributed by atoms with Crippen LogP contribution >= 0.6 is 0 Å². The zero-order valence-corrected chi connectivity index (χ0v) is 20.7. The number of fused-ring (bicyclic) bond motifs is 1. The molecule has 5 rings (SSSR count). The summed E-state index contributed by atoms with van der Waals surface area (Å²) < 4.78 is 19.1. The minimum atomic E-state index is -0.791. The summed E-state index contributed by atoms with van der Waals surface area (Å²) in [5.41, 5.74) is 3.30. The molecule has 0 radical (unpaired) electrons. The van der Waals surface area contributed by atoms with Gasteiger partial charge in [-0.3, -0.25) is 0 Å². The van der Waals surface area contributed by atoms with Crippen LogP contribution in [0, 0.1) is 5.92 Å². The summed E-state index contributed by atoms with van der Waals surface area (Å²) in [4.78, 5) is 0. The van der Waals surface area contributed by atoms with Crippen molar-refractivity contribution in [1.82, 2.24) is 0 Å². The van der Waals surface area contributed by atoms with E-state index in [9.17, 15) is 5.11 Å². The van der Waals surface area contributed by atoms with Crippen molar-refractivity contribution in [3.05, 3.63) is 120 Å². The number of hydrogen-bond donors (Lipinski definition) is 1. The largest absolute Gasteiger partial charge is 0.388 e. The highest BCUT2D eigenvalue weighted by Crippen LogP contribution is 2.33. The van der Waals surface area contributed by atoms with E-state index < -0.39 is 12.2 Å². The monoisotopic (exact) mass is 482 g/mol. The van der Waals surface area contributed by atoms with Gasteiger partial charge in [-0.2, -0.15) is 0 Å². The third kappa shape index (κ3) is 5.85. The van der Waals surface area contributed by atoms with Gasteiger partial charge in [0.05, 0.1) is 32.0 Å². The lowest BCUT2D eigenvalue weighted by Gasteiger charge is -2.43. The Kier molecular flexibility index (Phi) is 8.09. The van der Waals surface area contributed by atoms with E-state index in [1.165, 1.54) is 10.8 Å². The first-order valence-electron chi connectivity index (χ1n) is 12.8. The highest BCUT2D eigenvalue weighted by atomic mass is 16.6. The van der Waals surface area contributed by atoms with Crippen LogP contribution in [0.15, 0.2) is 103 Å². The van der Waals surface area contributed by atoms with Crippen molar-refractivity contribution >= 4 is 10.8 Å². The van der Waals surface area contributed by atoms with Crippen LogP contribution in [0.1, 0.15) is 30.0 Å². The summed E-state index contributed by atoms with van der Waals surface area (Å²) in [6, 6.07) is 34.8. The Morgan fingerprint density at radius 3 is 1.92 bits per heavy atom. The Morgan fingerprint density at radius 1 is 0.639 bits per heavy atom. The Morgan fingerprint density at radius 2 is 1.22 bits per heavy atom. The number of aliphatic hydroxyl groups excluding tert-OH is 1. The zero-order valence-electron chi connectivity index (χ0n) is 20.7. The molecular formula is C32H34O4. The van der Waals surface area contributed by atoms with Crippen LogP contribution in [0.4, 0.5) is 0 Å². The molecule has 0 aromatic heterocycles. The SMILES string of the molecule is C[C@@H]1C[C@@H](OCc2cccc3ccccc23)[C@H](O)[C@H](OCc2ccccc2)[C@H]1OCc1ccccc1. The molecule has 0 unspecified atom stereocenters. The molecular weight excluding hydrogens is 448 g/mol. The van der Waals surface area contributed by atoms with Gasteiger partial charge in [-0.05, 0) is 39.8 Å². The summed E-state index contributed by atoms with van der Waals surface area (Å²) in [6.07, 6.45) is -1.15. The molecule has 1 aliphatic rings. The van der Waals surface area contributed by atoms with Crippen LogP contribution in [-0.4, -0.2) is 29.5 Å². The first-order chi connectivity index (χ1) is 17.7. The summed E-state index contributed by atoms with van der Waals surface area (Å²) in [6.45, 7) is 3.50. The molecule has 0 amide bonds. The second-order valence-electron chi connectivity index (χ2n) is 9.71. The standard InChI is InChI=1S/C32H34O4/c1-23-19-29(34-22-27-17-10-16-26-15-8-9-18-28(26)27)30(33)32(36-21-25-13-6-3-7-14-25)31(23)35-20-24-11-4-2-5-12-24/h2-18,23,29-33H,19-22H2,1H3/t23-,29-,30+,31+,32+/m1/s1. The molecule has 1 N–H and O–H groups in total. The smallest absolute Gasteiger partial charge is 0.113 e. The Labute approximate surface area is 213 Å². The molecule has 0 heterocycles. The topological polar surface area (TPSA) is 47.9 Å². The fourth-order valence-corrected chi connectivity index (χ4v) is 5.14. The molecule has 186 valence electrons. The summed E-state index contributed by atoms with van der Waals surface area (Å²) in [5, 5.41) is 13.8. The maximum absolute atomic E-state index is 11.5. The first kappa shape index (κ1) is 24.7. The predicted molar refractivity (Wildman–Crippen MR) is 142 cm³/mol. The maximum Gasteiger partial charge on any atom is 0.113 e. The van der Waals surface area contributed by atoms with Gasteiger partial charge in [-0.1, -0.05) is 110 Å². The molecule has 0 saturated heterocycles. The Bertz CT molecular complexity index is 1220. The van der Waals surface area contributed by atoms with Crippen LogP contribution in [-0.2, 0) is 34.0 Å². The van der Waals surface area contributed by atoms with Gasteiger partial charge >= 0.3 is 0 Å². The number of hydrogen-bond acceptors (Lipinski definition) is 4. The van der Waals surface area contributed by atoms with Crippen LogP contribution in [0.2, 0.25) is 0 Å². The van der Waals surface area contributed by atoms with Crippen molar-refractivity contribution in [2.45, 2.75) is 57.6 Å². The molecule has 36 heavy (non-hydrogen) atoms. The summed E-state index contributed by atoms with van der Waals surface area (Å²) >= 11 is 0. The van der Waals surface area contributed by atoms with Gasteiger partial charge in [0, 0.05) is 0 Å². The quantitative estimate of drug-likeness (QED) is 0.304. The number of ether oxygens (including phenoxy) is 3. The van der Waals surface area contributed by atoms with Gasteiger partial charge in [-0.15, -0.1) is 0 Å². The van der Waals surface area contributed by atoms with Crippen molar-refractivity contribution in [3.63, 3.8) is 0 Å². The van der Waals surface area contributed by atoms with E-state index in [0.717, 1.165) is 16.7 Å². The molecule has 1 saturated carbocycles. The van der Waals surface area contributed by atoms with Gasteiger partial charge in [-0.25, -0.2) is 0 Å². The number of rotatable bonds is 9. The van der Waals surface area contributed by atoms with E-state index in [2.05, 4.69) is 49.4 Å². The average Bonchev–Trinajstić information content (AvgIpc) is 2.93.